The van der Waals surface area contributed by atoms with Crippen molar-refractivity contribution in [2.24, 2.45) is 0 Å². The summed E-state index contributed by atoms with van der Waals surface area (Å²) in [7, 11) is 0. The Morgan fingerprint density at radius 2 is 1.91 bits per heavy atom. The number of benzene rings is 2. The molecular weight excluding hydrogens is 408 g/mol. The van der Waals surface area contributed by atoms with Crippen molar-refractivity contribution in [3.8, 4) is 34.5 Å². The van der Waals surface area contributed by atoms with E-state index in [1.54, 1.807) is 10.8 Å². The number of anilines is 1. The zero-order valence-electron chi connectivity index (χ0n) is 17.7. The smallest absolute Gasteiger partial charge is 0.274 e. The highest BCUT2D eigenvalue weighted by molar-refractivity contribution is 5.90. The van der Waals surface area contributed by atoms with Crippen molar-refractivity contribution in [3.63, 3.8) is 0 Å². The molecule has 0 spiro atoms. The lowest BCUT2D eigenvalue weighted by atomic mass is 10.0. The minimum absolute atomic E-state index is 0.121. The van der Waals surface area contributed by atoms with Crippen LogP contribution in [0.25, 0.3) is 23.0 Å². The van der Waals surface area contributed by atoms with E-state index < -0.39 is 0 Å². The van der Waals surface area contributed by atoms with Crippen LogP contribution in [0.5, 0.6) is 11.5 Å². The number of fused-ring (bicyclic) bond motifs is 1. The van der Waals surface area contributed by atoms with Gasteiger partial charge < -0.3 is 23.9 Å². The predicted octanol–water partition coefficient (Wildman–Crippen LogP) is 4.70. The Hall–Kier alpha value is -4.07. The van der Waals surface area contributed by atoms with Crippen molar-refractivity contribution >= 4 is 11.6 Å². The molecule has 8 heteroatoms. The molecule has 0 fully saturated rings. The number of carbonyl (C=O) groups excluding carboxylic acids is 1. The average molecular weight is 430 g/mol. The SMILES string of the molecule is CC(C)c1ccc(NC(=O)Cn2cccc2-c2nc(-c3ccc4c(c3)OCO4)no2)cc1. The van der Waals surface area contributed by atoms with Crippen LogP contribution in [0.1, 0.15) is 25.3 Å². The van der Waals surface area contributed by atoms with Gasteiger partial charge in [-0.05, 0) is 53.9 Å². The van der Waals surface area contributed by atoms with Gasteiger partial charge >= 0.3 is 0 Å². The predicted molar refractivity (Wildman–Crippen MR) is 118 cm³/mol. The number of nitrogens with one attached hydrogen (secondary N) is 1. The van der Waals surface area contributed by atoms with E-state index in [0.717, 1.165) is 11.3 Å². The number of carbonyl (C=O) groups is 1. The summed E-state index contributed by atoms with van der Waals surface area (Å²) in [4.78, 5) is 17.1. The molecule has 0 aliphatic carbocycles. The maximum atomic E-state index is 12.6. The number of nitrogens with zero attached hydrogens (tertiary/aromatic N) is 3. The standard InChI is InChI=1S/C24H22N4O4/c1-15(2)16-5-8-18(9-6-16)25-22(29)13-28-11-3-4-19(28)24-26-23(27-32-24)17-7-10-20-21(12-17)31-14-30-20/h3-12,15H,13-14H2,1-2H3,(H,25,29). The zero-order valence-corrected chi connectivity index (χ0v) is 17.7. The molecule has 1 N–H and O–H groups in total. The third-order valence-electron chi connectivity index (χ3n) is 5.28. The molecule has 0 unspecified atom stereocenters. The summed E-state index contributed by atoms with van der Waals surface area (Å²) in [6.07, 6.45) is 1.81. The van der Waals surface area contributed by atoms with Gasteiger partial charge in [-0.2, -0.15) is 4.98 Å². The van der Waals surface area contributed by atoms with Gasteiger partial charge in [-0.25, -0.2) is 0 Å². The minimum atomic E-state index is -0.143. The molecule has 4 aromatic rings. The van der Waals surface area contributed by atoms with Crippen molar-refractivity contribution in [1.82, 2.24) is 14.7 Å². The molecule has 0 bridgehead atoms. The third-order valence-corrected chi connectivity index (χ3v) is 5.28. The van der Waals surface area contributed by atoms with E-state index in [1.807, 2.05) is 54.6 Å². The zero-order chi connectivity index (χ0) is 22.1. The highest BCUT2D eigenvalue weighted by Crippen LogP contribution is 2.35. The largest absolute Gasteiger partial charge is 0.454 e. The van der Waals surface area contributed by atoms with Crippen LogP contribution in [0, 0.1) is 0 Å². The molecule has 1 aliphatic rings. The molecule has 0 saturated heterocycles. The van der Waals surface area contributed by atoms with Crippen LogP contribution in [-0.4, -0.2) is 27.4 Å². The molecule has 32 heavy (non-hydrogen) atoms. The van der Waals surface area contributed by atoms with Gasteiger partial charge in [0.05, 0.1) is 0 Å². The summed E-state index contributed by atoms with van der Waals surface area (Å²) >= 11 is 0. The van der Waals surface area contributed by atoms with Crippen molar-refractivity contribution in [2.75, 3.05) is 12.1 Å². The fourth-order valence-corrected chi connectivity index (χ4v) is 3.53. The second kappa shape index (κ2) is 8.22. The molecule has 0 atom stereocenters. The van der Waals surface area contributed by atoms with Crippen LogP contribution in [0.2, 0.25) is 0 Å². The fraction of sp³-hybridized carbons (Fsp3) is 0.208. The maximum absolute atomic E-state index is 12.6. The van der Waals surface area contributed by atoms with Gasteiger partial charge in [-0.3, -0.25) is 4.79 Å². The van der Waals surface area contributed by atoms with Crippen LogP contribution in [0.15, 0.2) is 65.3 Å². The molecular formula is C24H22N4O4. The van der Waals surface area contributed by atoms with Crippen molar-refractivity contribution < 1.29 is 18.8 Å². The maximum Gasteiger partial charge on any atom is 0.274 e. The van der Waals surface area contributed by atoms with E-state index in [9.17, 15) is 4.79 Å². The number of hydrogen-bond donors (Lipinski definition) is 1. The van der Waals surface area contributed by atoms with E-state index in [0.29, 0.717) is 34.8 Å². The molecule has 8 nitrogen and oxygen atoms in total. The fourth-order valence-electron chi connectivity index (χ4n) is 3.53. The molecule has 0 radical (unpaired) electrons. The van der Waals surface area contributed by atoms with Gasteiger partial charge in [0.1, 0.15) is 12.2 Å². The van der Waals surface area contributed by atoms with Crippen molar-refractivity contribution in [3.05, 3.63) is 66.4 Å². The van der Waals surface area contributed by atoms with Gasteiger partial charge in [0, 0.05) is 17.4 Å². The number of hydrogen-bond acceptors (Lipinski definition) is 6. The Kier molecular flexibility index (Phi) is 5.10. The Bertz CT molecular complexity index is 1260. The Labute approximate surface area is 184 Å². The van der Waals surface area contributed by atoms with E-state index in [4.69, 9.17) is 14.0 Å². The highest BCUT2D eigenvalue weighted by Gasteiger charge is 2.19. The van der Waals surface area contributed by atoms with Crippen LogP contribution in [0.3, 0.4) is 0 Å². The first-order valence-corrected chi connectivity index (χ1v) is 10.4. The van der Waals surface area contributed by atoms with Crippen LogP contribution >= 0.6 is 0 Å². The quantitative estimate of drug-likeness (QED) is 0.477. The average Bonchev–Trinajstić information content (AvgIpc) is 3.53. The first-order valence-electron chi connectivity index (χ1n) is 10.4. The number of ether oxygens (including phenoxy) is 2. The topological polar surface area (TPSA) is 91.4 Å². The lowest BCUT2D eigenvalue weighted by Crippen LogP contribution is -2.18. The Morgan fingerprint density at radius 1 is 1.09 bits per heavy atom. The summed E-state index contributed by atoms with van der Waals surface area (Å²) < 4.78 is 18.0. The molecule has 1 aliphatic heterocycles. The van der Waals surface area contributed by atoms with Gasteiger partial charge in [0.15, 0.2) is 11.5 Å². The second-order valence-corrected chi connectivity index (χ2v) is 7.84. The van der Waals surface area contributed by atoms with Crippen molar-refractivity contribution in [1.29, 1.82) is 0 Å². The van der Waals surface area contributed by atoms with Gasteiger partial charge in [0.25, 0.3) is 5.89 Å². The molecule has 3 heterocycles. The summed E-state index contributed by atoms with van der Waals surface area (Å²) in [6, 6.07) is 17.0. The summed E-state index contributed by atoms with van der Waals surface area (Å²) in [6.45, 7) is 4.59. The third kappa shape index (κ3) is 3.94. The van der Waals surface area contributed by atoms with Gasteiger partial charge in [-0.1, -0.05) is 31.1 Å². The van der Waals surface area contributed by atoms with E-state index >= 15 is 0 Å². The van der Waals surface area contributed by atoms with E-state index in [1.165, 1.54) is 5.56 Å². The number of aromatic nitrogens is 3. The Balaban J connectivity index is 1.30. The highest BCUT2D eigenvalue weighted by atomic mass is 16.7. The molecule has 2 aromatic heterocycles. The lowest BCUT2D eigenvalue weighted by Gasteiger charge is -2.10. The van der Waals surface area contributed by atoms with Crippen LogP contribution in [0.4, 0.5) is 5.69 Å². The van der Waals surface area contributed by atoms with Gasteiger partial charge in [0.2, 0.25) is 18.5 Å². The normalized spacial score (nSPS) is 12.3. The van der Waals surface area contributed by atoms with E-state index in [2.05, 4.69) is 29.3 Å². The van der Waals surface area contributed by atoms with E-state index in [-0.39, 0.29) is 19.2 Å². The first-order chi connectivity index (χ1) is 15.6. The Morgan fingerprint density at radius 3 is 2.72 bits per heavy atom. The molecule has 5 rings (SSSR count). The van der Waals surface area contributed by atoms with Gasteiger partial charge in [-0.15, -0.1) is 0 Å². The minimum Gasteiger partial charge on any atom is -0.454 e. The van der Waals surface area contributed by atoms with Crippen molar-refractivity contribution in [2.45, 2.75) is 26.3 Å². The molecule has 2 aromatic carbocycles. The monoisotopic (exact) mass is 430 g/mol. The molecule has 1 amide bonds. The summed E-state index contributed by atoms with van der Waals surface area (Å²) in [5.41, 5.74) is 3.40. The summed E-state index contributed by atoms with van der Waals surface area (Å²) in [5.74, 6) is 2.40. The molecule has 0 saturated carbocycles. The first kappa shape index (κ1) is 19.9. The second-order valence-electron chi connectivity index (χ2n) is 7.84. The number of amides is 1. The molecule has 162 valence electrons. The summed E-state index contributed by atoms with van der Waals surface area (Å²) in [5, 5.41) is 7.01. The van der Waals surface area contributed by atoms with Crippen LogP contribution in [-0.2, 0) is 11.3 Å². The lowest BCUT2D eigenvalue weighted by molar-refractivity contribution is -0.116. The van der Waals surface area contributed by atoms with Crippen LogP contribution < -0.4 is 14.8 Å². The number of rotatable bonds is 6.